The summed E-state index contributed by atoms with van der Waals surface area (Å²) in [4.78, 5) is 0. The van der Waals surface area contributed by atoms with Gasteiger partial charge in [0.25, 0.3) is 0 Å². The fourth-order valence-corrected chi connectivity index (χ4v) is 0.997. The van der Waals surface area contributed by atoms with Crippen LogP contribution in [0.25, 0.3) is 0 Å². The van der Waals surface area contributed by atoms with Gasteiger partial charge in [0.05, 0.1) is 6.61 Å². The van der Waals surface area contributed by atoms with Gasteiger partial charge in [-0.3, -0.25) is 0 Å². The molecule has 1 atom stereocenters. The second kappa shape index (κ2) is 6.09. The van der Waals surface area contributed by atoms with E-state index in [1.807, 2.05) is 20.8 Å². The van der Waals surface area contributed by atoms with Crippen molar-refractivity contribution in [2.24, 2.45) is 22.2 Å². The number of ether oxygens (including phenoxy) is 1. The van der Waals surface area contributed by atoms with E-state index < -0.39 is 24.5 Å². The van der Waals surface area contributed by atoms with Crippen LogP contribution in [-0.4, -0.2) is 30.4 Å². The van der Waals surface area contributed by atoms with Crippen LogP contribution in [0, 0.1) is 11.3 Å². The Morgan fingerprint density at radius 2 is 1.88 bits per heavy atom. The number of hydrogen-bond donors (Lipinski definition) is 2. The second-order valence-corrected chi connectivity index (χ2v) is 5.00. The highest BCUT2D eigenvalue weighted by Gasteiger charge is 2.43. The summed E-state index contributed by atoms with van der Waals surface area (Å²) in [6.07, 6.45) is -3.94. The summed E-state index contributed by atoms with van der Waals surface area (Å²) in [7, 11) is 0. The van der Waals surface area contributed by atoms with E-state index in [2.05, 4.69) is 5.16 Å². The molecule has 3 N–H and O–H groups in total. The molecule has 0 aliphatic heterocycles. The molecule has 0 aromatic rings. The number of nitrogens with two attached hydrogens (primary N) is 1. The lowest BCUT2D eigenvalue weighted by Crippen LogP contribution is -2.39. The molecule has 0 bridgehead atoms. The summed E-state index contributed by atoms with van der Waals surface area (Å²) in [6, 6.07) is 0. The molecule has 0 saturated carbocycles. The normalized spacial score (nSPS) is 16.0. The molecule has 0 aromatic heterocycles. The fourth-order valence-electron chi connectivity index (χ4n) is 0.997. The van der Waals surface area contributed by atoms with Gasteiger partial charge in [0.15, 0.2) is 5.84 Å². The summed E-state index contributed by atoms with van der Waals surface area (Å²) in [5.41, 5.74) is 4.96. The number of hydrogen-bond acceptors (Lipinski definition) is 3. The lowest BCUT2D eigenvalue weighted by molar-refractivity contribution is -0.168. The predicted octanol–water partition coefficient (Wildman–Crippen LogP) is 2.36. The third-order valence-corrected chi connectivity index (χ3v) is 2.15. The van der Waals surface area contributed by atoms with Gasteiger partial charge < -0.3 is 15.7 Å². The molecule has 0 heterocycles. The summed E-state index contributed by atoms with van der Waals surface area (Å²) < 4.78 is 42.3. The molecule has 0 saturated heterocycles. The minimum atomic E-state index is -4.57. The number of oxime groups is 1. The first kappa shape index (κ1) is 16.0. The van der Waals surface area contributed by atoms with Crippen molar-refractivity contribution in [1.29, 1.82) is 0 Å². The first-order chi connectivity index (χ1) is 7.58. The predicted molar refractivity (Wildman–Crippen MR) is 57.8 cm³/mol. The molecule has 0 fully saturated rings. The van der Waals surface area contributed by atoms with Gasteiger partial charge in [0.2, 0.25) is 0 Å². The molecule has 0 aromatic carbocycles. The number of amidine groups is 1. The first-order valence-electron chi connectivity index (χ1n) is 5.20. The number of rotatable bonds is 5. The van der Waals surface area contributed by atoms with E-state index in [0.717, 1.165) is 0 Å². The second-order valence-electron chi connectivity index (χ2n) is 5.00. The maximum absolute atomic E-state index is 12.5. The molecule has 17 heavy (non-hydrogen) atoms. The Balaban J connectivity index is 4.21. The molecule has 0 aliphatic carbocycles. The van der Waals surface area contributed by atoms with E-state index in [1.54, 1.807) is 0 Å². The monoisotopic (exact) mass is 256 g/mol. The maximum atomic E-state index is 12.5. The molecule has 0 radical (unpaired) electrons. The quantitative estimate of drug-likeness (QED) is 0.261. The Labute approximate surface area is 98.6 Å². The Morgan fingerprint density at radius 3 is 2.24 bits per heavy atom. The maximum Gasteiger partial charge on any atom is 0.401 e. The van der Waals surface area contributed by atoms with Gasteiger partial charge in [0.1, 0.15) is 5.92 Å². The van der Waals surface area contributed by atoms with Crippen molar-refractivity contribution in [2.75, 3.05) is 13.2 Å². The highest BCUT2D eigenvalue weighted by molar-refractivity contribution is 5.83. The summed E-state index contributed by atoms with van der Waals surface area (Å²) >= 11 is 0. The highest BCUT2D eigenvalue weighted by Crippen LogP contribution is 2.27. The van der Waals surface area contributed by atoms with Crippen LogP contribution in [0.4, 0.5) is 13.2 Å². The van der Waals surface area contributed by atoms with Gasteiger partial charge in [-0.2, -0.15) is 13.2 Å². The third kappa shape index (κ3) is 7.04. The van der Waals surface area contributed by atoms with Crippen LogP contribution < -0.4 is 5.73 Å². The Morgan fingerprint density at radius 1 is 1.35 bits per heavy atom. The van der Waals surface area contributed by atoms with Crippen molar-refractivity contribution in [1.82, 2.24) is 0 Å². The summed E-state index contributed by atoms with van der Waals surface area (Å²) in [5.74, 6) is -2.94. The van der Waals surface area contributed by atoms with Crippen LogP contribution in [0.1, 0.15) is 27.2 Å². The Kier molecular flexibility index (Phi) is 5.74. The largest absolute Gasteiger partial charge is 0.409 e. The van der Waals surface area contributed by atoms with Crippen molar-refractivity contribution in [2.45, 2.75) is 33.4 Å². The summed E-state index contributed by atoms with van der Waals surface area (Å²) in [5, 5.41) is 10.6. The Bertz CT molecular complexity index is 259. The number of alkyl halides is 3. The average molecular weight is 256 g/mol. The Hall–Kier alpha value is -0.980. The van der Waals surface area contributed by atoms with E-state index in [9.17, 15) is 13.2 Å². The smallest absolute Gasteiger partial charge is 0.401 e. The van der Waals surface area contributed by atoms with Crippen LogP contribution >= 0.6 is 0 Å². The van der Waals surface area contributed by atoms with E-state index in [4.69, 9.17) is 15.7 Å². The average Bonchev–Trinajstić information content (AvgIpc) is 2.13. The lowest BCUT2D eigenvalue weighted by atomic mass is 9.93. The number of nitrogens with zero attached hydrogens (tertiary/aromatic N) is 1. The van der Waals surface area contributed by atoms with Gasteiger partial charge in [0, 0.05) is 6.61 Å². The molecule has 0 aliphatic rings. The molecule has 1 unspecified atom stereocenters. The van der Waals surface area contributed by atoms with E-state index >= 15 is 0 Å². The van der Waals surface area contributed by atoms with Crippen LogP contribution in [-0.2, 0) is 4.74 Å². The zero-order chi connectivity index (χ0) is 13.7. The zero-order valence-electron chi connectivity index (χ0n) is 10.2. The minimum absolute atomic E-state index is 0.00958. The fraction of sp³-hybridized carbons (Fsp3) is 0.900. The molecule has 0 amide bonds. The molecule has 0 spiro atoms. The van der Waals surface area contributed by atoms with Gasteiger partial charge in [-0.05, 0) is 11.8 Å². The van der Waals surface area contributed by atoms with E-state index in [0.29, 0.717) is 6.42 Å². The van der Waals surface area contributed by atoms with Crippen molar-refractivity contribution >= 4 is 5.84 Å². The molecule has 0 rings (SSSR count). The third-order valence-electron chi connectivity index (χ3n) is 2.15. The standard InChI is InChI=1S/C10H19F3N2O2/c1-9(2,3)4-5-17-6-7(8(14)15-16)10(11,12)13/h7,16H,4-6H2,1-3H3,(H2,14,15). The van der Waals surface area contributed by atoms with Crippen LogP contribution in [0.3, 0.4) is 0 Å². The highest BCUT2D eigenvalue weighted by atomic mass is 19.4. The van der Waals surface area contributed by atoms with Crippen molar-refractivity contribution < 1.29 is 23.1 Å². The van der Waals surface area contributed by atoms with Gasteiger partial charge >= 0.3 is 6.18 Å². The van der Waals surface area contributed by atoms with Gasteiger partial charge in [-0.15, -0.1) is 0 Å². The summed E-state index contributed by atoms with van der Waals surface area (Å²) in [6.45, 7) is 5.45. The van der Waals surface area contributed by atoms with E-state index in [1.165, 1.54) is 0 Å². The zero-order valence-corrected chi connectivity index (χ0v) is 10.2. The molecular weight excluding hydrogens is 237 g/mol. The van der Waals surface area contributed by atoms with Crippen molar-refractivity contribution in [3.63, 3.8) is 0 Å². The first-order valence-corrected chi connectivity index (χ1v) is 5.20. The van der Waals surface area contributed by atoms with Crippen LogP contribution in [0.2, 0.25) is 0 Å². The molecule has 4 nitrogen and oxygen atoms in total. The van der Waals surface area contributed by atoms with Crippen LogP contribution in [0.5, 0.6) is 0 Å². The van der Waals surface area contributed by atoms with Crippen molar-refractivity contribution in [3.05, 3.63) is 0 Å². The van der Waals surface area contributed by atoms with Crippen molar-refractivity contribution in [3.8, 4) is 0 Å². The topological polar surface area (TPSA) is 67.8 Å². The number of halogens is 3. The van der Waals surface area contributed by atoms with Gasteiger partial charge in [-0.25, -0.2) is 0 Å². The molecule has 102 valence electrons. The molecule has 7 heteroatoms. The van der Waals surface area contributed by atoms with Gasteiger partial charge in [-0.1, -0.05) is 25.9 Å². The van der Waals surface area contributed by atoms with Crippen LogP contribution in [0.15, 0.2) is 5.16 Å². The molecular formula is C10H19F3N2O2. The SMILES string of the molecule is CC(C)(C)CCOCC(C(N)=NO)C(F)(F)F. The lowest BCUT2D eigenvalue weighted by Gasteiger charge is -2.21. The minimum Gasteiger partial charge on any atom is -0.409 e. The van der Waals surface area contributed by atoms with E-state index in [-0.39, 0.29) is 12.0 Å².